The first kappa shape index (κ1) is 28.5. The van der Waals surface area contributed by atoms with E-state index in [1.54, 1.807) is 0 Å². The lowest BCUT2D eigenvalue weighted by atomic mass is 9.73. The summed E-state index contributed by atoms with van der Waals surface area (Å²) in [5.41, 5.74) is 6.74. The van der Waals surface area contributed by atoms with Crippen LogP contribution in [0.15, 0.2) is 79.8 Å². The second-order valence-corrected chi connectivity index (χ2v) is 11.0. The highest BCUT2D eigenvalue weighted by Gasteiger charge is 2.39. The maximum atomic E-state index is 11.8. The average molecular weight is 543 g/mol. The van der Waals surface area contributed by atoms with Crippen LogP contribution in [0.25, 0.3) is 22.1 Å². The van der Waals surface area contributed by atoms with E-state index in [2.05, 4.69) is 62.1 Å². The summed E-state index contributed by atoms with van der Waals surface area (Å²) in [4.78, 5) is 18.9. The van der Waals surface area contributed by atoms with Crippen molar-refractivity contribution in [2.45, 2.75) is 63.7 Å². The normalized spacial score (nSPS) is 16.8. The van der Waals surface area contributed by atoms with Gasteiger partial charge in [-0.25, -0.2) is 4.79 Å². The third-order valence-corrected chi connectivity index (χ3v) is 7.99. The molecular formula is C33H38N2O3S. The second kappa shape index (κ2) is 11.7. The number of benzene rings is 3. The van der Waals surface area contributed by atoms with Crippen LogP contribution in [0.2, 0.25) is 0 Å². The maximum absolute atomic E-state index is 11.8. The lowest BCUT2D eigenvalue weighted by molar-refractivity contribution is 0.427. The molecular weight excluding hydrogens is 504 g/mol. The van der Waals surface area contributed by atoms with Gasteiger partial charge in [-0.3, -0.25) is 4.99 Å². The summed E-state index contributed by atoms with van der Waals surface area (Å²) in [7, 11) is 0. The van der Waals surface area contributed by atoms with Crippen molar-refractivity contribution < 1.29 is 9.52 Å². The van der Waals surface area contributed by atoms with Gasteiger partial charge in [0.25, 0.3) is 0 Å². The quantitative estimate of drug-likeness (QED) is 0.151. The van der Waals surface area contributed by atoms with Crippen molar-refractivity contribution in [3.05, 3.63) is 82.2 Å². The van der Waals surface area contributed by atoms with E-state index in [0.29, 0.717) is 16.9 Å². The van der Waals surface area contributed by atoms with Crippen LogP contribution < -0.4 is 10.5 Å². The SMILES string of the molecule is C=Nc1ccc(-c2ccccc2)cc1S.CC.CC1CCN2CCC(C)(C)c3c2c1cc1c(O)cc(=O)oc31. The van der Waals surface area contributed by atoms with Crippen molar-refractivity contribution in [2.24, 2.45) is 4.99 Å². The Hall–Kier alpha value is -3.51. The van der Waals surface area contributed by atoms with Gasteiger partial charge in [-0.1, -0.05) is 71.0 Å². The number of hydrogen-bond donors (Lipinski definition) is 2. The van der Waals surface area contributed by atoms with Crippen LogP contribution in [0.5, 0.6) is 5.75 Å². The molecule has 204 valence electrons. The van der Waals surface area contributed by atoms with E-state index < -0.39 is 5.63 Å². The number of fused-ring (bicyclic) bond motifs is 2. The summed E-state index contributed by atoms with van der Waals surface area (Å²) < 4.78 is 5.54. The monoisotopic (exact) mass is 542 g/mol. The molecule has 0 amide bonds. The molecule has 3 aromatic carbocycles. The number of rotatable bonds is 2. The van der Waals surface area contributed by atoms with Crippen LogP contribution in [-0.2, 0) is 5.41 Å². The van der Waals surface area contributed by atoms with Crippen molar-refractivity contribution in [1.29, 1.82) is 0 Å². The predicted molar refractivity (Wildman–Crippen MR) is 167 cm³/mol. The van der Waals surface area contributed by atoms with E-state index in [4.69, 9.17) is 4.42 Å². The minimum absolute atomic E-state index is 0.0241. The minimum Gasteiger partial charge on any atom is -0.507 e. The van der Waals surface area contributed by atoms with Crippen LogP contribution in [0.3, 0.4) is 0 Å². The molecule has 2 aliphatic rings. The Balaban J connectivity index is 0.000000182. The summed E-state index contributed by atoms with van der Waals surface area (Å²) in [6.07, 6.45) is 2.14. The first-order valence-electron chi connectivity index (χ1n) is 13.6. The molecule has 6 rings (SSSR count). The molecule has 6 heteroatoms. The second-order valence-electron chi connectivity index (χ2n) is 10.6. The zero-order chi connectivity index (χ0) is 28.3. The van der Waals surface area contributed by atoms with E-state index in [1.807, 2.05) is 56.3 Å². The van der Waals surface area contributed by atoms with Gasteiger partial charge in [-0.2, -0.15) is 0 Å². The molecule has 1 unspecified atom stereocenters. The number of thiol groups is 1. The molecule has 0 saturated carbocycles. The largest absolute Gasteiger partial charge is 0.507 e. The molecule has 0 bridgehead atoms. The Morgan fingerprint density at radius 3 is 2.44 bits per heavy atom. The molecule has 5 nitrogen and oxygen atoms in total. The van der Waals surface area contributed by atoms with Crippen LogP contribution >= 0.6 is 12.6 Å². The molecule has 2 aliphatic heterocycles. The van der Waals surface area contributed by atoms with Gasteiger partial charge < -0.3 is 14.4 Å². The Labute approximate surface area is 236 Å². The van der Waals surface area contributed by atoms with E-state index in [1.165, 1.54) is 22.9 Å². The van der Waals surface area contributed by atoms with Gasteiger partial charge in [-0.15, -0.1) is 12.6 Å². The Morgan fingerprint density at radius 1 is 1.05 bits per heavy atom. The van der Waals surface area contributed by atoms with Crippen LogP contribution in [-0.4, -0.2) is 24.9 Å². The Bertz CT molecular complexity index is 1540. The van der Waals surface area contributed by atoms with Crippen molar-refractivity contribution in [2.75, 3.05) is 18.0 Å². The first-order valence-corrected chi connectivity index (χ1v) is 14.1. The molecule has 39 heavy (non-hydrogen) atoms. The third kappa shape index (κ3) is 5.62. The van der Waals surface area contributed by atoms with Gasteiger partial charge in [0.15, 0.2) is 0 Å². The molecule has 0 radical (unpaired) electrons. The highest BCUT2D eigenvalue weighted by molar-refractivity contribution is 7.80. The molecule has 3 heterocycles. The summed E-state index contributed by atoms with van der Waals surface area (Å²) >= 11 is 4.36. The fourth-order valence-corrected chi connectivity index (χ4v) is 5.77. The standard InChI is InChI=1S/C18H21NO3.C13H11NS.C2H6/c1-10-4-6-19-7-5-18(2,3)15-16(19)11(10)8-12-13(20)9-14(21)22-17(12)15;1-14-12-8-7-11(9-13(12)15)10-5-3-2-4-6-10;1-2/h8-10,20H,4-7H2,1-3H3;2-9,15H,1H2;1-2H3. The number of aliphatic imine (C=N–C) groups is 1. The van der Waals surface area contributed by atoms with Crippen molar-refractivity contribution >= 4 is 41.7 Å². The van der Waals surface area contributed by atoms with Crippen LogP contribution in [0, 0.1) is 0 Å². The zero-order valence-electron chi connectivity index (χ0n) is 23.5. The third-order valence-electron chi connectivity index (χ3n) is 7.63. The number of nitrogens with zero attached hydrogens (tertiary/aromatic N) is 2. The first-order chi connectivity index (χ1) is 18.7. The van der Waals surface area contributed by atoms with Crippen molar-refractivity contribution in [3.63, 3.8) is 0 Å². The van der Waals surface area contributed by atoms with Gasteiger partial charge in [0.05, 0.1) is 17.1 Å². The van der Waals surface area contributed by atoms with Crippen molar-refractivity contribution in [3.8, 4) is 16.9 Å². The number of hydrogen-bond acceptors (Lipinski definition) is 6. The lowest BCUT2D eigenvalue weighted by Crippen LogP contribution is -2.41. The van der Waals surface area contributed by atoms with Gasteiger partial charge in [0, 0.05) is 29.2 Å². The van der Waals surface area contributed by atoms with Gasteiger partial charge in [0.1, 0.15) is 11.3 Å². The molecule has 1 atom stereocenters. The molecule has 4 aromatic rings. The van der Waals surface area contributed by atoms with Gasteiger partial charge in [0.2, 0.25) is 0 Å². The zero-order valence-corrected chi connectivity index (χ0v) is 24.4. The summed E-state index contributed by atoms with van der Waals surface area (Å²) in [6, 6.07) is 19.3. The summed E-state index contributed by atoms with van der Waals surface area (Å²) in [5, 5.41) is 10.9. The highest BCUT2D eigenvalue weighted by Crippen LogP contribution is 2.50. The molecule has 0 fully saturated rings. The minimum atomic E-state index is -0.488. The van der Waals surface area contributed by atoms with Gasteiger partial charge in [-0.05, 0) is 65.8 Å². The topological polar surface area (TPSA) is 66.0 Å². The van der Waals surface area contributed by atoms with Crippen LogP contribution in [0.1, 0.15) is 64.5 Å². The van der Waals surface area contributed by atoms with Gasteiger partial charge >= 0.3 is 5.63 Å². The molecule has 0 saturated heterocycles. The van der Waals surface area contributed by atoms with E-state index in [0.717, 1.165) is 47.6 Å². The number of aromatic hydroxyl groups is 1. The molecule has 1 aromatic heterocycles. The predicted octanol–water partition coefficient (Wildman–Crippen LogP) is 8.49. The van der Waals surface area contributed by atoms with E-state index in [-0.39, 0.29) is 11.2 Å². The summed E-state index contributed by atoms with van der Waals surface area (Å²) in [6.45, 7) is 16.2. The Kier molecular flexibility index (Phi) is 8.55. The fraction of sp³-hybridized carbons (Fsp3) is 0.333. The Morgan fingerprint density at radius 2 is 1.77 bits per heavy atom. The smallest absolute Gasteiger partial charge is 0.339 e. The summed E-state index contributed by atoms with van der Waals surface area (Å²) in [5.74, 6) is 0.477. The molecule has 0 aliphatic carbocycles. The van der Waals surface area contributed by atoms with E-state index >= 15 is 0 Å². The fourth-order valence-electron chi connectivity index (χ4n) is 5.48. The van der Waals surface area contributed by atoms with Crippen LogP contribution in [0.4, 0.5) is 11.4 Å². The maximum Gasteiger partial charge on any atom is 0.339 e. The molecule has 0 spiro atoms. The molecule has 1 N–H and O–H groups in total. The average Bonchev–Trinajstić information content (AvgIpc) is 2.93. The highest BCUT2D eigenvalue weighted by atomic mass is 32.1. The number of anilines is 1. The van der Waals surface area contributed by atoms with E-state index in [9.17, 15) is 9.90 Å². The lowest BCUT2D eigenvalue weighted by Gasteiger charge is -2.45. The van der Waals surface area contributed by atoms with Crippen molar-refractivity contribution in [1.82, 2.24) is 0 Å².